The monoisotopic (exact) mass is 406 g/mol. The second kappa shape index (κ2) is 8.05. The van der Waals surface area contributed by atoms with E-state index in [9.17, 15) is 8.42 Å². The summed E-state index contributed by atoms with van der Waals surface area (Å²) in [6.45, 7) is 2.99. The molecule has 154 valence electrons. The first-order valence-corrected chi connectivity index (χ1v) is 12.1. The van der Waals surface area contributed by atoms with Crippen LogP contribution in [0.5, 0.6) is 5.75 Å². The van der Waals surface area contributed by atoms with Crippen molar-refractivity contribution in [2.75, 3.05) is 26.5 Å². The highest BCUT2D eigenvalue weighted by Gasteiger charge is 2.26. The van der Waals surface area contributed by atoms with Crippen molar-refractivity contribution in [3.05, 3.63) is 29.5 Å². The van der Waals surface area contributed by atoms with Crippen LogP contribution in [0.2, 0.25) is 0 Å². The number of hydrogen-bond acceptors (Lipinski definition) is 5. The zero-order valence-corrected chi connectivity index (χ0v) is 17.6. The average molecular weight is 407 g/mol. The molecule has 1 aliphatic carbocycles. The van der Waals surface area contributed by atoms with Gasteiger partial charge in [-0.25, -0.2) is 13.1 Å². The van der Waals surface area contributed by atoms with E-state index in [-0.39, 0.29) is 6.04 Å². The summed E-state index contributed by atoms with van der Waals surface area (Å²) in [6, 6.07) is 6.22. The topological polar surface area (TPSA) is 71.8 Å². The fraction of sp³-hybridized carbons (Fsp3) is 0.619. The van der Waals surface area contributed by atoms with E-state index in [1.807, 2.05) is 12.1 Å². The molecule has 1 N–H and O–H groups in total. The maximum absolute atomic E-state index is 11.4. The zero-order valence-electron chi connectivity index (χ0n) is 16.7. The molecule has 0 saturated heterocycles. The number of benzene rings is 1. The van der Waals surface area contributed by atoms with E-state index in [0.717, 1.165) is 68.8 Å². The Kier molecular flexibility index (Phi) is 5.67. The standard InChI is InChI=1S/C21H30N2O4S/c1-26-19-5-3-4-18-17-11-13-23(14-20(17)27-21(18)19)12-10-15-6-8-16(9-7-15)22-28(2,24)25/h3-5,15-16,22H,6-14H2,1-2H3/t15-,16-. The van der Waals surface area contributed by atoms with Crippen molar-refractivity contribution >= 4 is 21.0 Å². The van der Waals surface area contributed by atoms with Crippen molar-refractivity contribution in [1.29, 1.82) is 0 Å². The second-order valence-electron chi connectivity index (χ2n) is 8.26. The van der Waals surface area contributed by atoms with E-state index >= 15 is 0 Å². The predicted octanol–water partition coefficient (Wildman–Crippen LogP) is 3.30. The van der Waals surface area contributed by atoms with Gasteiger partial charge in [0.25, 0.3) is 0 Å². The van der Waals surface area contributed by atoms with Crippen molar-refractivity contribution in [1.82, 2.24) is 9.62 Å². The van der Waals surface area contributed by atoms with Gasteiger partial charge in [0.2, 0.25) is 10.0 Å². The Bertz CT molecular complexity index is 929. The Morgan fingerprint density at radius 2 is 2.04 bits per heavy atom. The first-order valence-electron chi connectivity index (χ1n) is 10.2. The van der Waals surface area contributed by atoms with Crippen LogP contribution in [0.15, 0.2) is 22.6 Å². The van der Waals surface area contributed by atoms with Crippen molar-refractivity contribution in [2.24, 2.45) is 5.92 Å². The van der Waals surface area contributed by atoms with Crippen LogP contribution in [-0.4, -0.2) is 45.8 Å². The number of hydrogen-bond donors (Lipinski definition) is 1. The molecule has 1 aromatic heterocycles. The molecule has 6 nitrogen and oxygen atoms in total. The van der Waals surface area contributed by atoms with E-state index in [4.69, 9.17) is 9.15 Å². The lowest BCUT2D eigenvalue weighted by Crippen LogP contribution is -2.37. The van der Waals surface area contributed by atoms with Gasteiger partial charge in [0.05, 0.1) is 19.9 Å². The van der Waals surface area contributed by atoms with Crippen molar-refractivity contribution in [2.45, 2.75) is 51.1 Å². The number of ether oxygens (including phenoxy) is 1. The molecule has 2 heterocycles. The maximum atomic E-state index is 11.4. The minimum atomic E-state index is -3.09. The molecule has 0 atom stereocenters. The SMILES string of the molecule is COc1cccc2c3c(oc12)CN(CC[C@H]1CC[C@H](NS(C)(=O)=O)CC1)CC3. The molecule has 1 aromatic carbocycles. The third-order valence-corrected chi connectivity index (χ3v) is 6.97. The molecule has 2 aliphatic rings. The first-order chi connectivity index (χ1) is 13.4. The fourth-order valence-corrected chi connectivity index (χ4v) is 5.58. The molecule has 4 rings (SSSR count). The van der Waals surface area contributed by atoms with Gasteiger partial charge < -0.3 is 9.15 Å². The van der Waals surface area contributed by atoms with E-state index in [1.165, 1.54) is 23.6 Å². The van der Waals surface area contributed by atoms with Gasteiger partial charge in [-0.3, -0.25) is 4.90 Å². The average Bonchev–Trinajstić information content (AvgIpc) is 3.04. The molecule has 28 heavy (non-hydrogen) atoms. The van der Waals surface area contributed by atoms with Crippen LogP contribution in [-0.2, 0) is 23.0 Å². The molecule has 0 amide bonds. The summed E-state index contributed by atoms with van der Waals surface area (Å²) in [4.78, 5) is 2.48. The Balaban J connectivity index is 1.31. The van der Waals surface area contributed by atoms with Crippen LogP contribution in [0.1, 0.15) is 43.4 Å². The number of para-hydroxylation sites is 1. The molecule has 0 spiro atoms. The molecular formula is C21H30N2O4S. The molecule has 1 aliphatic heterocycles. The normalized spacial score (nSPS) is 23.6. The quantitative estimate of drug-likeness (QED) is 0.797. The highest BCUT2D eigenvalue weighted by Crippen LogP contribution is 2.36. The smallest absolute Gasteiger partial charge is 0.208 e. The Morgan fingerprint density at radius 3 is 2.75 bits per heavy atom. The molecule has 7 heteroatoms. The molecule has 0 unspecified atom stereocenters. The molecule has 0 bridgehead atoms. The van der Waals surface area contributed by atoms with Crippen LogP contribution in [0, 0.1) is 5.92 Å². The van der Waals surface area contributed by atoms with Gasteiger partial charge in [0.1, 0.15) is 5.76 Å². The Morgan fingerprint density at radius 1 is 1.25 bits per heavy atom. The fourth-order valence-electron chi connectivity index (χ4n) is 4.74. The number of nitrogens with one attached hydrogen (secondary N) is 1. The third-order valence-electron chi connectivity index (χ3n) is 6.21. The second-order valence-corrected chi connectivity index (χ2v) is 10.0. The van der Waals surface area contributed by atoms with Crippen LogP contribution < -0.4 is 9.46 Å². The van der Waals surface area contributed by atoms with E-state index in [0.29, 0.717) is 5.92 Å². The molecule has 2 aromatic rings. The lowest BCUT2D eigenvalue weighted by Gasteiger charge is -2.31. The van der Waals surface area contributed by atoms with E-state index < -0.39 is 10.0 Å². The van der Waals surface area contributed by atoms with E-state index in [1.54, 1.807) is 7.11 Å². The minimum Gasteiger partial charge on any atom is -0.493 e. The summed E-state index contributed by atoms with van der Waals surface area (Å²) in [7, 11) is -1.41. The van der Waals surface area contributed by atoms with Gasteiger partial charge in [0.15, 0.2) is 11.3 Å². The number of rotatable bonds is 6. The van der Waals surface area contributed by atoms with Crippen molar-refractivity contribution in [3.63, 3.8) is 0 Å². The Labute approximate surface area is 167 Å². The van der Waals surface area contributed by atoms with Gasteiger partial charge in [-0.1, -0.05) is 12.1 Å². The number of methoxy groups -OCH3 is 1. The largest absolute Gasteiger partial charge is 0.493 e. The van der Waals surface area contributed by atoms with Gasteiger partial charge in [-0.05, 0) is 57.1 Å². The lowest BCUT2D eigenvalue weighted by molar-refractivity contribution is 0.197. The summed E-state index contributed by atoms with van der Waals surface area (Å²) in [5, 5.41) is 1.19. The minimum absolute atomic E-state index is 0.120. The first kappa shape index (κ1) is 19.7. The number of fused-ring (bicyclic) bond motifs is 3. The highest BCUT2D eigenvalue weighted by molar-refractivity contribution is 7.88. The molecular weight excluding hydrogens is 376 g/mol. The zero-order chi connectivity index (χ0) is 19.7. The van der Waals surface area contributed by atoms with Crippen LogP contribution in [0.25, 0.3) is 11.0 Å². The predicted molar refractivity (Wildman–Crippen MR) is 110 cm³/mol. The molecule has 1 saturated carbocycles. The van der Waals surface area contributed by atoms with Crippen LogP contribution in [0.3, 0.4) is 0 Å². The van der Waals surface area contributed by atoms with Gasteiger partial charge >= 0.3 is 0 Å². The van der Waals surface area contributed by atoms with E-state index in [2.05, 4.69) is 15.7 Å². The van der Waals surface area contributed by atoms with Crippen molar-refractivity contribution in [3.8, 4) is 5.75 Å². The van der Waals surface area contributed by atoms with Crippen LogP contribution in [0.4, 0.5) is 0 Å². The Hall–Kier alpha value is -1.57. The molecule has 0 radical (unpaired) electrons. The number of sulfonamides is 1. The maximum Gasteiger partial charge on any atom is 0.208 e. The summed E-state index contributed by atoms with van der Waals surface area (Å²) >= 11 is 0. The summed E-state index contributed by atoms with van der Waals surface area (Å²) in [5.41, 5.74) is 2.20. The lowest BCUT2D eigenvalue weighted by atomic mass is 9.84. The molecule has 1 fully saturated rings. The van der Waals surface area contributed by atoms with Crippen molar-refractivity contribution < 1.29 is 17.6 Å². The van der Waals surface area contributed by atoms with Gasteiger partial charge in [-0.2, -0.15) is 0 Å². The van der Waals surface area contributed by atoms with Crippen LogP contribution >= 0.6 is 0 Å². The summed E-state index contributed by atoms with van der Waals surface area (Å²) in [5.74, 6) is 2.57. The number of furan rings is 1. The summed E-state index contributed by atoms with van der Waals surface area (Å²) in [6.07, 6.45) is 7.54. The number of nitrogens with zero attached hydrogens (tertiary/aromatic N) is 1. The highest BCUT2D eigenvalue weighted by atomic mass is 32.2. The van der Waals surface area contributed by atoms with Gasteiger partial charge in [-0.15, -0.1) is 0 Å². The summed E-state index contributed by atoms with van der Waals surface area (Å²) < 4.78 is 37.1. The van der Waals surface area contributed by atoms with Gasteiger partial charge in [0, 0.05) is 23.5 Å². The third kappa shape index (κ3) is 4.36.